The lowest BCUT2D eigenvalue weighted by molar-refractivity contribution is -0.138. The molecule has 0 fully saturated rings. The second kappa shape index (κ2) is 4.71. The van der Waals surface area contributed by atoms with Gasteiger partial charge in [-0.1, -0.05) is 0 Å². The van der Waals surface area contributed by atoms with E-state index in [4.69, 9.17) is 4.74 Å². The summed E-state index contributed by atoms with van der Waals surface area (Å²) in [4.78, 5) is 25.7. The summed E-state index contributed by atoms with van der Waals surface area (Å²) in [7, 11) is 0. The zero-order valence-electron chi connectivity index (χ0n) is 7.81. The molecule has 0 spiro atoms. The SMILES string of the molecule is CC(=O)N[C@@H](C)C(=O)Oc1cscn1. The fourth-order valence-corrected chi connectivity index (χ4v) is 1.26. The lowest BCUT2D eigenvalue weighted by Gasteiger charge is -2.09. The fraction of sp³-hybridized carbons (Fsp3) is 0.375. The van der Waals surface area contributed by atoms with Crippen LogP contribution in [0.5, 0.6) is 5.88 Å². The van der Waals surface area contributed by atoms with Crippen molar-refractivity contribution in [1.82, 2.24) is 10.3 Å². The van der Waals surface area contributed by atoms with Crippen molar-refractivity contribution in [1.29, 1.82) is 0 Å². The molecule has 0 unspecified atom stereocenters. The van der Waals surface area contributed by atoms with Crippen LogP contribution >= 0.6 is 11.3 Å². The van der Waals surface area contributed by atoms with Crippen molar-refractivity contribution >= 4 is 23.2 Å². The van der Waals surface area contributed by atoms with Gasteiger partial charge in [-0.2, -0.15) is 0 Å². The van der Waals surface area contributed by atoms with E-state index in [2.05, 4.69) is 10.3 Å². The molecule has 0 saturated carbocycles. The number of nitrogens with zero attached hydrogens (tertiary/aromatic N) is 1. The van der Waals surface area contributed by atoms with E-state index in [-0.39, 0.29) is 11.8 Å². The molecule has 14 heavy (non-hydrogen) atoms. The summed E-state index contributed by atoms with van der Waals surface area (Å²) in [6, 6.07) is -0.658. The van der Waals surface area contributed by atoms with Gasteiger partial charge in [0, 0.05) is 6.92 Å². The molecule has 5 nitrogen and oxygen atoms in total. The number of hydrogen-bond donors (Lipinski definition) is 1. The lowest BCUT2D eigenvalue weighted by Crippen LogP contribution is -2.39. The van der Waals surface area contributed by atoms with Gasteiger partial charge in [0.1, 0.15) is 6.04 Å². The Labute approximate surface area is 85.1 Å². The second-order valence-electron chi connectivity index (χ2n) is 2.67. The predicted molar refractivity (Wildman–Crippen MR) is 51.0 cm³/mol. The van der Waals surface area contributed by atoms with Crippen LogP contribution in [0.2, 0.25) is 0 Å². The van der Waals surface area contributed by atoms with Crippen molar-refractivity contribution < 1.29 is 14.3 Å². The number of thiazole rings is 1. The van der Waals surface area contributed by atoms with Gasteiger partial charge in [0.2, 0.25) is 11.8 Å². The van der Waals surface area contributed by atoms with Crippen LogP contribution in [0.15, 0.2) is 10.9 Å². The number of amides is 1. The van der Waals surface area contributed by atoms with Crippen LogP contribution < -0.4 is 10.1 Å². The molecule has 0 saturated heterocycles. The highest BCUT2D eigenvalue weighted by molar-refractivity contribution is 7.07. The van der Waals surface area contributed by atoms with Gasteiger partial charge in [-0.3, -0.25) is 4.79 Å². The van der Waals surface area contributed by atoms with Crippen molar-refractivity contribution in [2.45, 2.75) is 19.9 Å². The molecular weight excluding hydrogens is 204 g/mol. The Hall–Kier alpha value is -1.43. The van der Waals surface area contributed by atoms with Gasteiger partial charge in [-0.05, 0) is 6.92 Å². The van der Waals surface area contributed by atoms with Crippen molar-refractivity contribution in [3.8, 4) is 5.88 Å². The van der Waals surface area contributed by atoms with Gasteiger partial charge in [-0.15, -0.1) is 11.3 Å². The molecule has 0 aromatic carbocycles. The van der Waals surface area contributed by atoms with Crippen LogP contribution in [-0.4, -0.2) is 22.9 Å². The molecule has 1 heterocycles. The van der Waals surface area contributed by atoms with Crippen molar-refractivity contribution in [2.75, 3.05) is 0 Å². The second-order valence-corrected chi connectivity index (χ2v) is 3.39. The zero-order valence-corrected chi connectivity index (χ0v) is 8.63. The van der Waals surface area contributed by atoms with Crippen molar-refractivity contribution in [2.24, 2.45) is 0 Å². The number of rotatable bonds is 3. The first kappa shape index (κ1) is 10.6. The lowest BCUT2D eigenvalue weighted by atomic mass is 10.3. The summed E-state index contributed by atoms with van der Waals surface area (Å²) in [5, 5.41) is 4.03. The predicted octanol–water partition coefficient (Wildman–Crippen LogP) is 0.573. The van der Waals surface area contributed by atoms with E-state index in [0.29, 0.717) is 0 Å². The fourth-order valence-electron chi connectivity index (χ4n) is 0.807. The third-order valence-electron chi connectivity index (χ3n) is 1.39. The highest BCUT2D eigenvalue weighted by Crippen LogP contribution is 2.10. The molecule has 1 aromatic rings. The largest absolute Gasteiger partial charge is 0.405 e. The molecule has 0 aliphatic rings. The van der Waals surface area contributed by atoms with Crippen LogP contribution in [0.4, 0.5) is 0 Å². The molecular formula is C8H10N2O3S. The van der Waals surface area contributed by atoms with Gasteiger partial charge >= 0.3 is 5.97 Å². The van der Waals surface area contributed by atoms with Crippen LogP contribution in [0.3, 0.4) is 0 Å². The molecule has 0 aliphatic heterocycles. The maximum Gasteiger partial charge on any atom is 0.335 e. The van der Waals surface area contributed by atoms with E-state index in [1.165, 1.54) is 18.3 Å². The van der Waals surface area contributed by atoms with E-state index in [9.17, 15) is 9.59 Å². The monoisotopic (exact) mass is 214 g/mol. The highest BCUT2D eigenvalue weighted by Gasteiger charge is 2.16. The first-order chi connectivity index (χ1) is 6.59. The molecule has 1 amide bonds. The summed E-state index contributed by atoms with van der Waals surface area (Å²) in [5.74, 6) is -0.531. The van der Waals surface area contributed by atoms with Gasteiger partial charge in [0.25, 0.3) is 0 Å². The number of carbonyl (C=O) groups is 2. The number of carbonyl (C=O) groups excluding carboxylic acids is 2. The summed E-state index contributed by atoms with van der Waals surface area (Å²) < 4.78 is 4.86. The third kappa shape index (κ3) is 3.14. The van der Waals surface area contributed by atoms with E-state index < -0.39 is 12.0 Å². The van der Waals surface area contributed by atoms with Crippen LogP contribution in [0.25, 0.3) is 0 Å². The molecule has 1 rings (SSSR count). The smallest absolute Gasteiger partial charge is 0.335 e. The molecule has 0 bridgehead atoms. The Morgan fingerprint density at radius 1 is 1.64 bits per heavy atom. The Kier molecular flexibility index (Phi) is 3.58. The Morgan fingerprint density at radius 2 is 2.36 bits per heavy atom. The first-order valence-corrected chi connectivity index (χ1v) is 4.91. The molecule has 0 radical (unpaired) electrons. The van der Waals surface area contributed by atoms with Gasteiger partial charge in [0.15, 0.2) is 0 Å². The molecule has 76 valence electrons. The zero-order chi connectivity index (χ0) is 10.6. The van der Waals surface area contributed by atoms with Gasteiger partial charge in [-0.25, -0.2) is 9.78 Å². The van der Waals surface area contributed by atoms with E-state index in [1.807, 2.05) is 0 Å². The molecule has 6 heteroatoms. The topological polar surface area (TPSA) is 68.3 Å². The number of aromatic nitrogens is 1. The summed E-state index contributed by atoms with van der Waals surface area (Å²) in [6.45, 7) is 2.89. The van der Waals surface area contributed by atoms with Crippen molar-refractivity contribution in [3.63, 3.8) is 0 Å². The van der Waals surface area contributed by atoms with E-state index in [0.717, 1.165) is 0 Å². The Morgan fingerprint density at radius 3 is 2.86 bits per heavy atom. The van der Waals surface area contributed by atoms with Crippen LogP contribution in [-0.2, 0) is 9.59 Å². The maximum absolute atomic E-state index is 11.3. The van der Waals surface area contributed by atoms with E-state index >= 15 is 0 Å². The minimum absolute atomic E-state index is 0.261. The molecule has 1 aromatic heterocycles. The normalized spacial score (nSPS) is 11.9. The van der Waals surface area contributed by atoms with E-state index in [1.54, 1.807) is 17.8 Å². The molecule has 0 aliphatic carbocycles. The molecule has 1 atom stereocenters. The van der Waals surface area contributed by atoms with Gasteiger partial charge in [0.05, 0.1) is 10.9 Å². The van der Waals surface area contributed by atoms with Crippen LogP contribution in [0, 0.1) is 0 Å². The number of esters is 1. The Bertz CT molecular complexity index is 323. The number of nitrogens with one attached hydrogen (secondary N) is 1. The maximum atomic E-state index is 11.3. The third-order valence-corrected chi connectivity index (χ3v) is 1.95. The van der Waals surface area contributed by atoms with Crippen molar-refractivity contribution in [3.05, 3.63) is 10.9 Å². The highest BCUT2D eigenvalue weighted by atomic mass is 32.1. The number of ether oxygens (including phenoxy) is 1. The standard InChI is InChI=1S/C8H10N2O3S/c1-5(10-6(2)11)8(12)13-7-3-14-4-9-7/h3-5H,1-2H3,(H,10,11)/t5-/m0/s1. The average molecular weight is 214 g/mol. The molecule has 1 N–H and O–H groups in total. The van der Waals surface area contributed by atoms with Gasteiger partial charge < -0.3 is 10.1 Å². The quantitative estimate of drug-likeness (QED) is 0.747. The Balaban J connectivity index is 2.46. The minimum atomic E-state index is -0.658. The minimum Gasteiger partial charge on any atom is -0.405 e. The first-order valence-electron chi connectivity index (χ1n) is 3.96. The average Bonchev–Trinajstić information content (AvgIpc) is 2.55. The number of hydrogen-bond acceptors (Lipinski definition) is 5. The van der Waals surface area contributed by atoms with Crippen LogP contribution in [0.1, 0.15) is 13.8 Å². The summed E-state index contributed by atoms with van der Waals surface area (Å²) >= 11 is 1.33. The summed E-state index contributed by atoms with van der Waals surface area (Å²) in [6.07, 6.45) is 0. The summed E-state index contributed by atoms with van der Waals surface area (Å²) in [5.41, 5.74) is 1.56.